The highest BCUT2D eigenvalue weighted by Crippen LogP contribution is 2.61. The smallest absolute Gasteiger partial charge is 0.220 e. The number of amides is 1. The van der Waals surface area contributed by atoms with Crippen molar-refractivity contribution in [3.63, 3.8) is 0 Å². The number of carbonyl (C=O) groups excluding carboxylic acids is 1. The molecule has 5 fully saturated rings. The first kappa shape index (κ1) is 14.0. The van der Waals surface area contributed by atoms with Gasteiger partial charge in [0.05, 0.1) is 0 Å². The molecule has 0 aromatic carbocycles. The molecular formula is C18H30N2O. The van der Waals surface area contributed by atoms with Crippen LogP contribution in [-0.4, -0.2) is 37.0 Å². The molecule has 5 rings (SSSR count). The van der Waals surface area contributed by atoms with Crippen molar-refractivity contribution in [2.45, 2.75) is 57.8 Å². The Morgan fingerprint density at radius 1 is 1.00 bits per heavy atom. The van der Waals surface area contributed by atoms with Crippen molar-refractivity contribution in [3.8, 4) is 0 Å². The van der Waals surface area contributed by atoms with Crippen LogP contribution >= 0.6 is 0 Å². The SMILES string of the molecule is O=C(CC12CC3CC(CC(C3)C1)C2)NCCN1CCCC1. The largest absolute Gasteiger partial charge is 0.355 e. The quantitative estimate of drug-likeness (QED) is 0.844. The number of hydrogen-bond acceptors (Lipinski definition) is 2. The van der Waals surface area contributed by atoms with E-state index in [-0.39, 0.29) is 0 Å². The molecule has 0 spiro atoms. The van der Waals surface area contributed by atoms with Crippen molar-refractivity contribution in [2.75, 3.05) is 26.2 Å². The second-order valence-corrected chi connectivity index (χ2v) is 8.49. The molecule has 0 aromatic heterocycles. The molecule has 4 aliphatic carbocycles. The summed E-state index contributed by atoms with van der Waals surface area (Å²) in [7, 11) is 0. The topological polar surface area (TPSA) is 32.3 Å². The van der Waals surface area contributed by atoms with Gasteiger partial charge in [0, 0.05) is 19.5 Å². The summed E-state index contributed by atoms with van der Waals surface area (Å²) in [5.74, 6) is 3.19. The van der Waals surface area contributed by atoms with Crippen molar-refractivity contribution in [3.05, 3.63) is 0 Å². The fourth-order valence-electron chi connectivity index (χ4n) is 6.27. The third kappa shape index (κ3) is 2.99. The molecule has 0 unspecified atom stereocenters. The zero-order valence-electron chi connectivity index (χ0n) is 13.3. The molecule has 3 heteroatoms. The van der Waals surface area contributed by atoms with Crippen LogP contribution < -0.4 is 5.32 Å². The second-order valence-electron chi connectivity index (χ2n) is 8.49. The lowest BCUT2D eigenvalue weighted by atomic mass is 9.49. The molecule has 1 amide bonds. The molecule has 1 aliphatic heterocycles. The third-order valence-electron chi connectivity index (χ3n) is 6.65. The van der Waals surface area contributed by atoms with Gasteiger partial charge in [0.2, 0.25) is 5.91 Å². The molecule has 5 aliphatic rings. The zero-order valence-corrected chi connectivity index (χ0v) is 13.3. The van der Waals surface area contributed by atoms with E-state index in [1.54, 1.807) is 0 Å². The van der Waals surface area contributed by atoms with E-state index in [0.29, 0.717) is 11.3 Å². The van der Waals surface area contributed by atoms with Gasteiger partial charge >= 0.3 is 0 Å². The fraction of sp³-hybridized carbons (Fsp3) is 0.944. The number of hydrogen-bond donors (Lipinski definition) is 1. The molecule has 1 heterocycles. The normalized spacial score (nSPS) is 41.6. The maximum absolute atomic E-state index is 12.4. The van der Waals surface area contributed by atoms with E-state index >= 15 is 0 Å². The van der Waals surface area contributed by atoms with Crippen LogP contribution in [0.3, 0.4) is 0 Å². The number of rotatable bonds is 5. The summed E-state index contributed by atoms with van der Waals surface area (Å²) in [5, 5.41) is 3.20. The van der Waals surface area contributed by atoms with Crippen LogP contribution in [0.15, 0.2) is 0 Å². The van der Waals surface area contributed by atoms with Gasteiger partial charge in [-0.3, -0.25) is 4.79 Å². The molecular weight excluding hydrogens is 260 g/mol. The third-order valence-corrected chi connectivity index (χ3v) is 6.65. The summed E-state index contributed by atoms with van der Waals surface area (Å²) < 4.78 is 0. The molecule has 0 radical (unpaired) electrons. The molecule has 1 saturated heterocycles. The summed E-state index contributed by atoms with van der Waals surface area (Å²) in [6.45, 7) is 4.35. The number of nitrogens with zero attached hydrogens (tertiary/aromatic N) is 1. The average Bonchev–Trinajstić information content (AvgIpc) is 2.89. The van der Waals surface area contributed by atoms with Gasteiger partial charge in [0.25, 0.3) is 0 Å². The van der Waals surface area contributed by atoms with Gasteiger partial charge in [-0.15, -0.1) is 0 Å². The summed E-state index contributed by atoms with van der Waals surface area (Å²) >= 11 is 0. The maximum Gasteiger partial charge on any atom is 0.220 e. The van der Waals surface area contributed by atoms with Gasteiger partial charge in [-0.1, -0.05) is 0 Å². The molecule has 0 aromatic rings. The van der Waals surface area contributed by atoms with Crippen molar-refractivity contribution in [1.82, 2.24) is 10.2 Å². The minimum atomic E-state index is 0.330. The molecule has 3 nitrogen and oxygen atoms in total. The highest BCUT2D eigenvalue weighted by atomic mass is 16.1. The van der Waals surface area contributed by atoms with E-state index in [1.165, 1.54) is 64.5 Å². The first-order chi connectivity index (χ1) is 10.2. The Morgan fingerprint density at radius 2 is 1.57 bits per heavy atom. The van der Waals surface area contributed by atoms with Crippen LogP contribution in [0.5, 0.6) is 0 Å². The van der Waals surface area contributed by atoms with Crippen LogP contribution in [0.2, 0.25) is 0 Å². The van der Waals surface area contributed by atoms with Crippen LogP contribution in [0.1, 0.15) is 57.8 Å². The van der Waals surface area contributed by atoms with Crippen molar-refractivity contribution in [1.29, 1.82) is 0 Å². The van der Waals surface area contributed by atoms with Gasteiger partial charge in [0.15, 0.2) is 0 Å². The Kier molecular flexibility index (Phi) is 3.72. The van der Waals surface area contributed by atoms with Crippen molar-refractivity contribution < 1.29 is 4.79 Å². The Morgan fingerprint density at radius 3 is 2.14 bits per heavy atom. The minimum Gasteiger partial charge on any atom is -0.355 e. The fourth-order valence-corrected chi connectivity index (χ4v) is 6.27. The Bertz CT molecular complexity index is 365. The summed E-state index contributed by atoms with van der Waals surface area (Å²) in [6, 6.07) is 0. The number of nitrogens with one attached hydrogen (secondary N) is 1. The summed E-state index contributed by atoms with van der Waals surface area (Å²) in [5.41, 5.74) is 0.395. The van der Waals surface area contributed by atoms with Gasteiger partial charge < -0.3 is 10.2 Å². The standard InChI is InChI=1S/C18H30N2O/c21-17(19-3-6-20-4-1-2-5-20)13-18-10-14-7-15(11-18)9-16(8-14)12-18/h14-16H,1-13H2,(H,19,21). The number of likely N-dealkylation sites (tertiary alicyclic amines) is 1. The van der Waals surface area contributed by atoms with Crippen molar-refractivity contribution in [2.24, 2.45) is 23.2 Å². The highest BCUT2D eigenvalue weighted by Gasteiger charge is 2.51. The van der Waals surface area contributed by atoms with Crippen LogP contribution in [0.25, 0.3) is 0 Å². The molecule has 21 heavy (non-hydrogen) atoms. The van der Waals surface area contributed by atoms with E-state index in [2.05, 4.69) is 10.2 Å². The monoisotopic (exact) mass is 290 g/mol. The summed E-state index contributed by atoms with van der Waals surface area (Å²) in [6.07, 6.45) is 11.9. The second kappa shape index (κ2) is 5.57. The lowest BCUT2D eigenvalue weighted by Crippen LogP contribution is -2.48. The van der Waals surface area contributed by atoms with Gasteiger partial charge in [-0.25, -0.2) is 0 Å². The van der Waals surface area contributed by atoms with E-state index in [0.717, 1.165) is 37.3 Å². The predicted octanol–water partition coefficient (Wildman–Crippen LogP) is 2.80. The number of carbonyl (C=O) groups is 1. The molecule has 118 valence electrons. The Balaban J connectivity index is 1.26. The molecule has 4 bridgehead atoms. The van der Waals surface area contributed by atoms with E-state index in [1.807, 2.05) is 0 Å². The Hall–Kier alpha value is -0.570. The molecule has 0 atom stereocenters. The first-order valence-electron chi connectivity index (χ1n) is 9.20. The van der Waals surface area contributed by atoms with E-state index < -0.39 is 0 Å². The predicted molar refractivity (Wildman–Crippen MR) is 83.9 cm³/mol. The van der Waals surface area contributed by atoms with Gasteiger partial charge in [-0.2, -0.15) is 0 Å². The summed E-state index contributed by atoms with van der Waals surface area (Å²) in [4.78, 5) is 14.8. The minimum absolute atomic E-state index is 0.330. The lowest BCUT2D eigenvalue weighted by molar-refractivity contribution is -0.129. The molecule has 4 saturated carbocycles. The maximum atomic E-state index is 12.4. The van der Waals surface area contributed by atoms with E-state index in [4.69, 9.17) is 0 Å². The van der Waals surface area contributed by atoms with Crippen molar-refractivity contribution >= 4 is 5.91 Å². The lowest BCUT2D eigenvalue weighted by Gasteiger charge is -2.56. The first-order valence-corrected chi connectivity index (χ1v) is 9.20. The Labute approximate surface area is 128 Å². The molecule has 1 N–H and O–H groups in total. The van der Waals surface area contributed by atoms with E-state index in [9.17, 15) is 4.79 Å². The van der Waals surface area contributed by atoms with Gasteiger partial charge in [0.1, 0.15) is 0 Å². The zero-order chi connectivity index (χ0) is 14.3. The van der Waals surface area contributed by atoms with Crippen LogP contribution in [-0.2, 0) is 4.79 Å². The average molecular weight is 290 g/mol. The highest BCUT2D eigenvalue weighted by molar-refractivity contribution is 5.76. The van der Waals surface area contributed by atoms with Crippen LogP contribution in [0.4, 0.5) is 0 Å². The van der Waals surface area contributed by atoms with Crippen LogP contribution in [0, 0.1) is 23.2 Å². The van der Waals surface area contributed by atoms with Gasteiger partial charge in [-0.05, 0) is 87.6 Å².